The van der Waals surface area contributed by atoms with Gasteiger partial charge >= 0.3 is 10.1 Å². The molecule has 3 nitrogen and oxygen atoms in total. The molecule has 170 valence electrons. The molecule has 0 aliphatic heterocycles. The smallest absolute Gasteiger partial charge is 0.306 e. The molecule has 0 atom stereocenters. The van der Waals surface area contributed by atoms with Gasteiger partial charge in [-0.05, 0) is 72.8 Å². The summed E-state index contributed by atoms with van der Waals surface area (Å²) >= 11 is 0. The summed E-state index contributed by atoms with van der Waals surface area (Å²) < 4.78 is 28.6. The van der Waals surface area contributed by atoms with Crippen LogP contribution in [0.1, 0.15) is 0 Å². The van der Waals surface area contributed by atoms with Gasteiger partial charge in [-0.3, -0.25) is 0 Å². The number of hydrogen-bond donors (Lipinski definition) is 0. The molecule has 6 rings (SSSR count). The molecule has 0 saturated heterocycles. The first-order valence-corrected chi connectivity index (χ1v) is 13.2. The molecule has 0 amide bonds. The van der Waals surface area contributed by atoms with Crippen LogP contribution in [0, 0.1) is 0 Å². The minimum Gasteiger partial charge on any atom is -0.383 e. The van der Waals surface area contributed by atoms with Crippen LogP contribution >= 0.6 is 0 Å². The number of rotatable bonds is 4. The van der Waals surface area contributed by atoms with Gasteiger partial charge in [0, 0.05) is 0 Å². The Balaban J connectivity index is 1.83. The van der Waals surface area contributed by atoms with Gasteiger partial charge in [0.25, 0.3) is 0 Å². The molecule has 0 bridgehead atoms. The van der Waals surface area contributed by atoms with E-state index in [1.807, 2.05) is 24.3 Å². The number of hydrogen-bond acceptors (Lipinski definition) is 3. The third-order valence-electron chi connectivity index (χ3n) is 6.35. The molecule has 0 saturated carbocycles. The maximum absolute atomic E-state index is 11.7. The van der Waals surface area contributed by atoms with Gasteiger partial charge < -0.3 is 4.18 Å². The first-order chi connectivity index (χ1) is 17.0. The van der Waals surface area contributed by atoms with Crippen molar-refractivity contribution in [3.63, 3.8) is 0 Å². The monoisotopic (exact) mass is 474 g/mol. The van der Waals surface area contributed by atoms with Gasteiger partial charge in [0.2, 0.25) is 0 Å². The second-order valence-electron chi connectivity index (χ2n) is 8.69. The van der Waals surface area contributed by atoms with Gasteiger partial charge in [0.15, 0.2) is 0 Å². The molecule has 6 aromatic carbocycles. The lowest BCUT2D eigenvalue weighted by Gasteiger charge is -2.20. The third-order valence-corrected chi connectivity index (χ3v) is 6.85. The Kier molecular flexibility index (Phi) is 5.05. The molecule has 0 aliphatic carbocycles. The van der Waals surface area contributed by atoms with Crippen LogP contribution in [0.15, 0.2) is 115 Å². The Labute approximate surface area is 204 Å². The summed E-state index contributed by atoms with van der Waals surface area (Å²) in [5, 5.41) is 6.64. The van der Waals surface area contributed by atoms with Crippen molar-refractivity contribution in [1.82, 2.24) is 0 Å². The van der Waals surface area contributed by atoms with E-state index in [9.17, 15) is 8.42 Å². The highest BCUT2D eigenvalue weighted by Gasteiger charge is 2.19. The maximum atomic E-state index is 11.7. The Morgan fingerprint density at radius 2 is 1.11 bits per heavy atom. The second-order valence-corrected chi connectivity index (χ2v) is 10.3. The lowest BCUT2D eigenvalue weighted by atomic mass is 9.83. The van der Waals surface area contributed by atoms with Gasteiger partial charge in [0.1, 0.15) is 5.75 Å². The SMILES string of the molecule is CS(=O)(=O)Oc1ccc2c(ccc3c4ccccc4c(-c4ccccc4)c(-c4ccccc4)c23)c1. The van der Waals surface area contributed by atoms with Crippen molar-refractivity contribution in [2.24, 2.45) is 0 Å². The molecule has 0 heterocycles. The van der Waals surface area contributed by atoms with E-state index >= 15 is 0 Å². The quantitative estimate of drug-likeness (QED) is 0.193. The maximum Gasteiger partial charge on any atom is 0.306 e. The van der Waals surface area contributed by atoms with E-state index in [0.717, 1.165) is 44.5 Å². The van der Waals surface area contributed by atoms with Crippen molar-refractivity contribution >= 4 is 42.4 Å². The summed E-state index contributed by atoms with van der Waals surface area (Å²) in [6.45, 7) is 0. The molecule has 6 aromatic rings. The first-order valence-electron chi connectivity index (χ1n) is 11.4. The zero-order chi connectivity index (χ0) is 24.0. The lowest BCUT2D eigenvalue weighted by molar-refractivity contribution is 0.493. The van der Waals surface area contributed by atoms with Crippen LogP contribution in [0.3, 0.4) is 0 Å². The third kappa shape index (κ3) is 3.82. The van der Waals surface area contributed by atoms with Crippen molar-refractivity contribution < 1.29 is 12.6 Å². The predicted molar refractivity (Wildman–Crippen MR) is 145 cm³/mol. The van der Waals surface area contributed by atoms with E-state index in [-0.39, 0.29) is 0 Å². The van der Waals surface area contributed by atoms with Gasteiger partial charge in [-0.25, -0.2) is 0 Å². The molecule has 0 fully saturated rings. The fraction of sp³-hybridized carbons (Fsp3) is 0.0323. The van der Waals surface area contributed by atoms with Gasteiger partial charge in [-0.2, -0.15) is 8.42 Å². The molecule has 0 radical (unpaired) electrons. The van der Waals surface area contributed by atoms with Crippen molar-refractivity contribution in [2.75, 3.05) is 6.26 Å². The molecule has 0 N–H and O–H groups in total. The first kappa shape index (κ1) is 21.4. The molecular formula is C31H22O3S. The molecule has 4 heteroatoms. The predicted octanol–water partition coefficient (Wildman–Crippen LogP) is 7.82. The highest BCUT2D eigenvalue weighted by molar-refractivity contribution is 7.86. The molecule has 0 aliphatic rings. The lowest BCUT2D eigenvalue weighted by Crippen LogP contribution is -2.05. The fourth-order valence-corrected chi connectivity index (χ4v) is 5.48. The zero-order valence-electron chi connectivity index (χ0n) is 19.1. The largest absolute Gasteiger partial charge is 0.383 e. The van der Waals surface area contributed by atoms with E-state index in [1.54, 1.807) is 12.1 Å². The fourth-order valence-electron chi connectivity index (χ4n) is 5.02. The molecular weight excluding hydrogens is 452 g/mol. The van der Waals surface area contributed by atoms with Crippen LogP contribution in [0.25, 0.3) is 54.6 Å². The number of benzene rings is 6. The van der Waals surface area contributed by atoms with Crippen LogP contribution < -0.4 is 4.18 Å². The average Bonchev–Trinajstić information content (AvgIpc) is 2.87. The van der Waals surface area contributed by atoms with E-state index in [4.69, 9.17) is 4.18 Å². The zero-order valence-corrected chi connectivity index (χ0v) is 19.9. The Bertz CT molecular complexity index is 1820. The normalized spacial score (nSPS) is 11.8. The van der Waals surface area contributed by atoms with Crippen molar-refractivity contribution in [1.29, 1.82) is 0 Å². The van der Waals surface area contributed by atoms with Gasteiger partial charge in [0.05, 0.1) is 6.26 Å². The minimum absolute atomic E-state index is 0.310. The molecule has 0 unspecified atom stereocenters. The second kappa shape index (κ2) is 8.26. The van der Waals surface area contributed by atoms with Crippen LogP contribution in [0.4, 0.5) is 0 Å². The van der Waals surface area contributed by atoms with Crippen molar-refractivity contribution in [2.45, 2.75) is 0 Å². The molecule has 0 aromatic heterocycles. The van der Waals surface area contributed by atoms with Crippen LogP contribution in [0.2, 0.25) is 0 Å². The topological polar surface area (TPSA) is 43.4 Å². The standard InChI is InChI=1S/C31H22O3S/c1-35(32,33)34-24-17-19-25-23(20-24)16-18-28-26-14-8-9-15-27(26)29(21-10-4-2-5-11-21)30(31(25)28)22-12-6-3-7-13-22/h2-20H,1H3. The summed E-state index contributed by atoms with van der Waals surface area (Å²) in [6, 6.07) is 39.1. The highest BCUT2D eigenvalue weighted by atomic mass is 32.2. The summed E-state index contributed by atoms with van der Waals surface area (Å²) in [5.41, 5.74) is 4.63. The van der Waals surface area contributed by atoms with Crippen molar-refractivity contribution in [3.05, 3.63) is 115 Å². The van der Waals surface area contributed by atoms with Crippen molar-refractivity contribution in [3.8, 4) is 28.0 Å². The van der Waals surface area contributed by atoms with Gasteiger partial charge in [-0.1, -0.05) is 97.1 Å². The summed E-state index contributed by atoms with van der Waals surface area (Å²) in [4.78, 5) is 0. The van der Waals surface area contributed by atoms with E-state index in [0.29, 0.717) is 5.75 Å². The summed E-state index contributed by atoms with van der Waals surface area (Å²) in [7, 11) is -3.61. The summed E-state index contributed by atoms with van der Waals surface area (Å²) in [6.07, 6.45) is 1.06. The molecule has 0 spiro atoms. The Morgan fingerprint density at radius 3 is 1.77 bits per heavy atom. The van der Waals surface area contributed by atoms with E-state index in [2.05, 4.69) is 78.9 Å². The van der Waals surface area contributed by atoms with E-state index < -0.39 is 10.1 Å². The van der Waals surface area contributed by atoms with Crippen LogP contribution in [-0.2, 0) is 10.1 Å². The highest BCUT2D eigenvalue weighted by Crippen LogP contribution is 2.46. The number of fused-ring (bicyclic) bond motifs is 5. The minimum atomic E-state index is -3.61. The van der Waals surface area contributed by atoms with Gasteiger partial charge in [-0.15, -0.1) is 0 Å². The van der Waals surface area contributed by atoms with E-state index in [1.165, 1.54) is 16.3 Å². The Hall–Kier alpha value is -4.15. The molecule has 35 heavy (non-hydrogen) atoms. The average molecular weight is 475 g/mol. The summed E-state index contributed by atoms with van der Waals surface area (Å²) in [5.74, 6) is 0.310. The van der Waals surface area contributed by atoms with Crippen LogP contribution in [-0.4, -0.2) is 14.7 Å². The Morgan fingerprint density at radius 1 is 0.543 bits per heavy atom. The van der Waals surface area contributed by atoms with Crippen LogP contribution in [0.5, 0.6) is 5.75 Å².